The molecule has 0 aromatic heterocycles. The second-order valence-corrected chi connectivity index (χ2v) is 6.28. The van der Waals surface area contributed by atoms with E-state index in [1.54, 1.807) is 0 Å². The van der Waals surface area contributed by atoms with Gasteiger partial charge in [-0.05, 0) is 6.42 Å². The molecule has 0 rings (SSSR count). The van der Waals surface area contributed by atoms with Crippen molar-refractivity contribution in [3.05, 3.63) is 0 Å². The van der Waals surface area contributed by atoms with Crippen LogP contribution >= 0.6 is 11.8 Å². The van der Waals surface area contributed by atoms with Gasteiger partial charge in [-0.2, -0.15) is 0 Å². The maximum atomic E-state index is 11.5. The summed E-state index contributed by atoms with van der Waals surface area (Å²) in [6.45, 7) is 2.22. The summed E-state index contributed by atoms with van der Waals surface area (Å²) in [5.74, 6) is -0.876. The molecule has 0 fully saturated rings. The van der Waals surface area contributed by atoms with Crippen LogP contribution in [0.5, 0.6) is 0 Å². The average Bonchev–Trinajstić information content (AvgIpc) is 2.42. The van der Waals surface area contributed by atoms with Crippen molar-refractivity contribution < 1.29 is 14.7 Å². The van der Waals surface area contributed by atoms with Gasteiger partial charge < -0.3 is 10.8 Å². The number of aliphatic carboxylic acids is 1. The molecule has 0 radical (unpaired) electrons. The fourth-order valence-corrected chi connectivity index (χ4v) is 2.70. The van der Waals surface area contributed by atoms with Crippen molar-refractivity contribution in [2.75, 3.05) is 5.75 Å². The van der Waals surface area contributed by atoms with Gasteiger partial charge in [0.1, 0.15) is 6.04 Å². The molecule has 4 nitrogen and oxygen atoms in total. The fourth-order valence-electron chi connectivity index (χ4n) is 1.91. The van der Waals surface area contributed by atoms with Crippen LogP contribution in [-0.2, 0) is 9.59 Å². The summed E-state index contributed by atoms with van der Waals surface area (Å²) in [6, 6.07) is -0.938. The third-order valence-electron chi connectivity index (χ3n) is 3.23. The minimum atomic E-state index is -1.05. The first-order chi connectivity index (χ1) is 9.57. The van der Waals surface area contributed by atoms with Gasteiger partial charge in [-0.3, -0.25) is 9.59 Å². The van der Waals surface area contributed by atoms with Gasteiger partial charge in [-0.1, -0.05) is 70.1 Å². The molecule has 118 valence electrons. The molecule has 3 N–H and O–H groups in total. The first-order valence-electron chi connectivity index (χ1n) is 7.72. The van der Waals surface area contributed by atoms with E-state index in [1.165, 1.54) is 44.9 Å². The van der Waals surface area contributed by atoms with Gasteiger partial charge in [0.25, 0.3) is 0 Å². The number of unbranched alkanes of at least 4 members (excludes halogenated alkanes) is 8. The van der Waals surface area contributed by atoms with E-state index in [2.05, 4.69) is 6.92 Å². The van der Waals surface area contributed by atoms with Gasteiger partial charge in [0.05, 0.1) is 0 Å². The Kier molecular flexibility index (Phi) is 13.1. The van der Waals surface area contributed by atoms with Crippen LogP contribution in [0.4, 0.5) is 0 Å². The molecule has 1 unspecified atom stereocenters. The van der Waals surface area contributed by atoms with E-state index in [-0.39, 0.29) is 10.9 Å². The lowest BCUT2D eigenvalue weighted by molar-refractivity contribution is -0.137. The number of hydrogen-bond donors (Lipinski definition) is 2. The maximum absolute atomic E-state index is 11.5. The highest BCUT2D eigenvalue weighted by Crippen LogP contribution is 2.13. The van der Waals surface area contributed by atoms with Crippen LogP contribution in [0.1, 0.15) is 71.1 Å². The zero-order valence-corrected chi connectivity index (χ0v) is 13.4. The topological polar surface area (TPSA) is 80.4 Å². The van der Waals surface area contributed by atoms with E-state index >= 15 is 0 Å². The Balaban J connectivity index is 3.29. The predicted molar refractivity (Wildman–Crippen MR) is 84.9 cm³/mol. The zero-order valence-electron chi connectivity index (χ0n) is 12.6. The van der Waals surface area contributed by atoms with Gasteiger partial charge in [0.2, 0.25) is 0 Å². The molecule has 0 aromatic carbocycles. The van der Waals surface area contributed by atoms with Gasteiger partial charge in [0, 0.05) is 12.2 Å². The molecular weight excluding hydrogens is 274 g/mol. The van der Waals surface area contributed by atoms with Gasteiger partial charge in [0.15, 0.2) is 5.12 Å². The molecule has 1 atom stereocenters. The van der Waals surface area contributed by atoms with Gasteiger partial charge >= 0.3 is 5.97 Å². The molecule has 0 aromatic rings. The molecular formula is C15H29NO3S. The Morgan fingerprint density at radius 3 is 2.00 bits per heavy atom. The second-order valence-electron chi connectivity index (χ2n) is 5.21. The third-order valence-corrected chi connectivity index (χ3v) is 4.28. The summed E-state index contributed by atoms with van der Waals surface area (Å²) in [6.07, 6.45) is 11.6. The zero-order chi connectivity index (χ0) is 15.2. The normalized spacial score (nSPS) is 12.3. The first kappa shape index (κ1) is 19.4. The van der Waals surface area contributed by atoms with Crippen LogP contribution in [0.15, 0.2) is 0 Å². The SMILES string of the molecule is CCCCCCCCCCCC(=O)SCC(N)C(=O)O. The molecule has 0 aliphatic heterocycles. The van der Waals surface area contributed by atoms with Gasteiger partial charge in [-0.15, -0.1) is 0 Å². The van der Waals surface area contributed by atoms with Crippen LogP contribution in [0.3, 0.4) is 0 Å². The summed E-state index contributed by atoms with van der Waals surface area (Å²) in [7, 11) is 0. The van der Waals surface area contributed by atoms with Crippen LogP contribution in [0.25, 0.3) is 0 Å². The van der Waals surface area contributed by atoms with Crippen molar-refractivity contribution in [3.63, 3.8) is 0 Å². The van der Waals surface area contributed by atoms with Crippen molar-refractivity contribution in [2.24, 2.45) is 5.73 Å². The monoisotopic (exact) mass is 303 g/mol. The largest absolute Gasteiger partial charge is 0.480 e. The predicted octanol–water partition coefficient (Wildman–Crippen LogP) is 3.58. The second kappa shape index (κ2) is 13.4. The third kappa shape index (κ3) is 12.5. The number of hydrogen-bond acceptors (Lipinski definition) is 4. The lowest BCUT2D eigenvalue weighted by Crippen LogP contribution is -2.32. The smallest absolute Gasteiger partial charge is 0.321 e. The standard InChI is InChI=1S/C15H29NO3S/c1-2-3-4-5-6-7-8-9-10-11-14(17)20-12-13(16)15(18)19/h13H,2-12,16H2,1H3,(H,18,19). The molecule has 0 saturated carbocycles. The fraction of sp³-hybridized carbons (Fsp3) is 0.867. The lowest BCUT2D eigenvalue weighted by atomic mass is 10.1. The Bertz CT molecular complexity index is 272. The Morgan fingerprint density at radius 1 is 1.00 bits per heavy atom. The number of carboxylic acids is 1. The van der Waals surface area contributed by atoms with Crippen molar-refractivity contribution in [1.82, 2.24) is 0 Å². The van der Waals surface area contributed by atoms with Crippen LogP contribution < -0.4 is 5.73 Å². The Labute approximate surface area is 126 Å². The summed E-state index contributed by atoms with van der Waals surface area (Å²) in [5.41, 5.74) is 5.34. The van der Waals surface area contributed by atoms with Crippen LogP contribution in [-0.4, -0.2) is 28.0 Å². The van der Waals surface area contributed by atoms with Crippen molar-refractivity contribution in [2.45, 2.75) is 77.2 Å². The number of carboxylic acid groups (broad SMARTS) is 1. The summed E-state index contributed by atoms with van der Waals surface area (Å²) in [4.78, 5) is 22.0. The highest BCUT2D eigenvalue weighted by atomic mass is 32.2. The van der Waals surface area contributed by atoms with Gasteiger partial charge in [-0.25, -0.2) is 0 Å². The molecule has 0 heterocycles. The molecule has 20 heavy (non-hydrogen) atoms. The molecule has 0 saturated heterocycles. The van der Waals surface area contributed by atoms with Crippen LogP contribution in [0.2, 0.25) is 0 Å². The maximum Gasteiger partial charge on any atom is 0.321 e. The lowest BCUT2D eigenvalue weighted by Gasteiger charge is -2.05. The molecule has 0 amide bonds. The summed E-state index contributed by atoms with van der Waals surface area (Å²) in [5, 5.41) is 8.66. The van der Waals surface area contributed by atoms with Crippen molar-refractivity contribution in [3.8, 4) is 0 Å². The highest BCUT2D eigenvalue weighted by Gasteiger charge is 2.13. The number of rotatable bonds is 13. The molecule has 0 spiro atoms. The first-order valence-corrected chi connectivity index (χ1v) is 8.70. The van der Waals surface area contributed by atoms with E-state index < -0.39 is 12.0 Å². The average molecular weight is 303 g/mol. The van der Waals surface area contributed by atoms with Crippen molar-refractivity contribution >= 4 is 22.8 Å². The minimum Gasteiger partial charge on any atom is -0.480 e. The number of carbonyl (C=O) groups excluding carboxylic acids is 1. The Morgan fingerprint density at radius 2 is 1.50 bits per heavy atom. The van der Waals surface area contributed by atoms with E-state index in [1.807, 2.05) is 0 Å². The van der Waals surface area contributed by atoms with Crippen LogP contribution in [0, 0.1) is 0 Å². The Hall–Kier alpha value is -0.550. The van der Waals surface area contributed by atoms with Crippen molar-refractivity contribution in [1.29, 1.82) is 0 Å². The minimum absolute atomic E-state index is 0.0599. The van der Waals surface area contributed by atoms with E-state index in [4.69, 9.17) is 10.8 Å². The summed E-state index contributed by atoms with van der Waals surface area (Å²) >= 11 is 1.05. The van der Waals surface area contributed by atoms with E-state index in [0.717, 1.165) is 24.6 Å². The molecule has 0 aliphatic rings. The molecule has 5 heteroatoms. The number of nitrogens with two attached hydrogens (primary N) is 1. The quantitative estimate of drug-likeness (QED) is 0.508. The number of thioether (sulfide) groups is 1. The highest BCUT2D eigenvalue weighted by molar-refractivity contribution is 8.13. The van der Waals surface area contributed by atoms with E-state index in [0.29, 0.717) is 6.42 Å². The number of carbonyl (C=O) groups is 2. The summed E-state index contributed by atoms with van der Waals surface area (Å²) < 4.78 is 0. The van der Waals surface area contributed by atoms with E-state index in [9.17, 15) is 9.59 Å². The molecule has 0 bridgehead atoms. The molecule has 0 aliphatic carbocycles.